The monoisotopic (exact) mass is 263 g/mol. The summed E-state index contributed by atoms with van der Waals surface area (Å²) in [5.74, 6) is 0.804. The molecule has 104 valence electrons. The molecule has 2 N–H and O–H groups in total. The maximum absolute atomic E-state index is 11.3. The van der Waals surface area contributed by atoms with Gasteiger partial charge in [0.05, 0.1) is 4.92 Å². The molecule has 0 saturated heterocycles. The molecule has 0 bridgehead atoms. The number of benzene rings is 1. The fraction of sp³-hybridized carbons (Fsp3) is 0.571. The van der Waals surface area contributed by atoms with E-state index in [0.29, 0.717) is 17.9 Å². The van der Waals surface area contributed by atoms with Crippen molar-refractivity contribution in [2.24, 2.45) is 5.92 Å². The summed E-state index contributed by atoms with van der Waals surface area (Å²) in [6.07, 6.45) is 3.68. The van der Waals surface area contributed by atoms with E-state index in [1.54, 1.807) is 12.1 Å². The van der Waals surface area contributed by atoms with Crippen LogP contribution in [-0.2, 0) is 0 Å². The highest BCUT2D eigenvalue weighted by Gasteiger charge is 2.25. The fourth-order valence-corrected chi connectivity index (χ4v) is 2.37. The number of nitro benzene ring substituents is 1. The lowest BCUT2D eigenvalue weighted by Gasteiger charge is -2.16. The molecule has 1 aliphatic rings. The summed E-state index contributed by atoms with van der Waals surface area (Å²) < 4.78 is 0. The van der Waals surface area contributed by atoms with Gasteiger partial charge < -0.3 is 10.6 Å². The summed E-state index contributed by atoms with van der Waals surface area (Å²) in [5, 5.41) is 17.6. The Hall–Kier alpha value is -1.78. The van der Waals surface area contributed by atoms with Crippen molar-refractivity contribution >= 4 is 17.1 Å². The maximum atomic E-state index is 11.3. The zero-order valence-corrected chi connectivity index (χ0v) is 11.5. The third-order valence-corrected chi connectivity index (χ3v) is 3.37. The lowest BCUT2D eigenvalue weighted by atomic mass is 10.1. The molecule has 19 heavy (non-hydrogen) atoms. The highest BCUT2D eigenvalue weighted by Crippen LogP contribution is 2.36. The van der Waals surface area contributed by atoms with E-state index < -0.39 is 0 Å². The Bertz CT molecular complexity index is 458. The molecule has 1 aromatic rings. The molecule has 2 rings (SSSR count). The highest BCUT2D eigenvalue weighted by atomic mass is 16.6. The van der Waals surface area contributed by atoms with Crippen molar-refractivity contribution in [1.29, 1.82) is 0 Å². The first-order chi connectivity index (χ1) is 9.11. The molecule has 1 aliphatic carbocycles. The van der Waals surface area contributed by atoms with Crippen LogP contribution in [0.1, 0.15) is 33.1 Å². The van der Waals surface area contributed by atoms with Gasteiger partial charge in [0.1, 0.15) is 11.4 Å². The van der Waals surface area contributed by atoms with Crippen LogP contribution in [0.15, 0.2) is 18.2 Å². The number of nitro groups is 1. The lowest BCUT2D eigenvalue weighted by Crippen LogP contribution is -2.17. The number of rotatable bonds is 7. The molecule has 0 spiro atoms. The van der Waals surface area contributed by atoms with Crippen LogP contribution in [0.5, 0.6) is 0 Å². The molecule has 1 saturated carbocycles. The molecule has 5 nitrogen and oxygen atoms in total. The summed E-state index contributed by atoms with van der Waals surface area (Å²) in [5.41, 5.74) is 1.33. The quantitative estimate of drug-likeness (QED) is 0.582. The topological polar surface area (TPSA) is 67.2 Å². The molecule has 0 heterocycles. The van der Waals surface area contributed by atoms with Crippen LogP contribution in [0.3, 0.4) is 0 Å². The molecule has 0 aliphatic heterocycles. The first-order valence-electron chi connectivity index (χ1n) is 6.89. The Morgan fingerprint density at radius 2 is 2.11 bits per heavy atom. The Morgan fingerprint density at radius 1 is 1.42 bits per heavy atom. The van der Waals surface area contributed by atoms with Gasteiger partial charge in [-0.15, -0.1) is 0 Å². The van der Waals surface area contributed by atoms with E-state index in [2.05, 4.69) is 17.6 Å². The predicted octanol–water partition coefficient (Wildman–Crippen LogP) is 3.63. The van der Waals surface area contributed by atoms with Gasteiger partial charge in [0.2, 0.25) is 0 Å². The largest absolute Gasteiger partial charge is 0.380 e. The smallest absolute Gasteiger partial charge is 0.315 e. The summed E-state index contributed by atoms with van der Waals surface area (Å²) in [7, 11) is 0. The van der Waals surface area contributed by atoms with Crippen molar-refractivity contribution in [2.45, 2.75) is 39.2 Å². The van der Waals surface area contributed by atoms with Gasteiger partial charge in [0, 0.05) is 12.6 Å². The minimum absolute atomic E-state index is 0.145. The molecule has 5 heteroatoms. The molecular weight excluding hydrogens is 242 g/mol. The second-order valence-corrected chi connectivity index (χ2v) is 5.21. The van der Waals surface area contributed by atoms with Crippen LogP contribution in [0.25, 0.3) is 0 Å². The standard InChI is InChI=1S/C14H21N3O2/c1-3-15-12-5-4-6-13(14(12)17(18)19)16-10(2)9-11-7-8-11/h4-6,10-11,15-16H,3,7-9H2,1-2H3. The molecule has 1 aromatic carbocycles. The van der Waals surface area contributed by atoms with E-state index in [0.717, 1.165) is 12.3 Å². The van der Waals surface area contributed by atoms with Crippen LogP contribution < -0.4 is 10.6 Å². The second-order valence-electron chi connectivity index (χ2n) is 5.21. The van der Waals surface area contributed by atoms with Crippen LogP contribution >= 0.6 is 0 Å². The third kappa shape index (κ3) is 3.59. The van der Waals surface area contributed by atoms with Gasteiger partial charge in [-0.25, -0.2) is 0 Å². The number of anilines is 2. The van der Waals surface area contributed by atoms with E-state index in [-0.39, 0.29) is 16.7 Å². The molecule has 1 fully saturated rings. The van der Waals surface area contributed by atoms with Crippen molar-refractivity contribution < 1.29 is 4.92 Å². The first-order valence-corrected chi connectivity index (χ1v) is 6.89. The fourth-order valence-electron chi connectivity index (χ4n) is 2.37. The first kappa shape index (κ1) is 13.6. The van der Waals surface area contributed by atoms with Crippen molar-refractivity contribution in [2.75, 3.05) is 17.2 Å². The van der Waals surface area contributed by atoms with E-state index >= 15 is 0 Å². The van der Waals surface area contributed by atoms with Gasteiger partial charge in [-0.2, -0.15) is 0 Å². The van der Waals surface area contributed by atoms with Gasteiger partial charge in [-0.05, 0) is 38.3 Å². The molecule has 0 aromatic heterocycles. The van der Waals surface area contributed by atoms with Crippen molar-refractivity contribution in [3.05, 3.63) is 28.3 Å². The van der Waals surface area contributed by atoms with Gasteiger partial charge in [-0.1, -0.05) is 18.9 Å². The average Bonchev–Trinajstić information content (AvgIpc) is 3.13. The van der Waals surface area contributed by atoms with Gasteiger partial charge >= 0.3 is 5.69 Å². The lowest BCUT2D eigenvalue weighted by molar-refractivity contribution is -0.383. The number of nitrogens with zero attached hydrogens (tertiary/aromatic N) is 1. The van der Waals surface area contributed by atoms with E-state index in [9.17, 15) is 10.1 Å². The Kier molecular flexibility index (Phi) is 4.24. The minimum Gasteiger partial charge on any atom is -0.380 e. The van der Waals surface area contributed by atoms with Gasteiger partial charge in [-0.3, -0.25) is 10.1 Å². The second kappa shape index (κ2) is 5.91. The molecule has 0 amide bonds. The number of hydrogen-bond donors (Lipinski definition) is 2. The number of nitrogens with one attached hydrogen (secondary N) is 2. The van der Waals surface area contributed by atoms with E-state index in [1.165, 1.54) is 12.8 Å². The molecule has 1 atom stereocenters. The van der Waals surface area contributed by atoms with Crippen molar-refractivity contribution in [3.8, 4) is 0 Å². The Morgan fingerprint density at radius 3 is 2.68 bits per heavy atom. The van der Waals surface area contributed by atoms with Crippen molar-refractivity contribution in [1.82, 2.24) is 0 Å². The molecule has 1 unspecified atom stereocenters. The normalized spacial score (nSPS) is 15.9. The number of para-hydroxylation sites is 1. The summed E-state index contributed by atoms with van der Waals surface area (Å²) in [4.78, 5) is 10.9. The van der Waals surface area contributed by atoms with Crippen LogP contribution in [-0.4, -0.2) is 17.5 Å². The Balaban J connectivity index is 2.17. The summed E-state index contributed by atoms with van der Waals surface area (Å²) >= 11 is 0. The van der Waals surface area contributed by atoms with Gasteiger partial charge in [0.15, 0.2) is 0 Å². The zero-order chi connectivity index (χ0) is 13.8. The summed E-state index contributed by atoms with van der Waals surface area (Å²) in [6, 6.07) is 5.64. The highest BCUT2D eigenvalue weighted by molar-refractivity contribution is 5.76. The van der Waals surface area contributed by atoms with Crippen LogP contribution in [0.4, 0.5) is 17.1 Å². The average molecular weight is 263 g/mol. The van der Waals surface area contributed by atoms with Crippen LogP contribution in [0.2, 0.25) is 0 Å². The summed E-state index contributed by atoms with van der Waals surface area (Å²) in [6.45, 7) is 4.68. The van der Waals surface area contributed by atoms with Crippen LogP contribution in [0, 0.1) is 16.0 Å². The van der Waals surface area contributed by atoms with Gasteiger partial charge in [0.25, 0.3) is 0 Å². The maximum Gasteiger partial charge on any atom is 0.315 e. The molecule has 0 radical (unpaired) electrons. The SMILES string of the molecule is CCNc1cccc(NC(C)CC2CC2)c1[N+](=O)[O-]. The zero-order valence-electron chi connectivity index (χ0n) is 11.5. The molecular formula is C14H21N3O2. The minimum atomic E-state index is -0.315. The van der Waals surface area contributed by atoms with E-state index in [1.807, 2.05) is 13.0 Å². The third-order valence-electron chi connectivity index (χ3n) is 3.37. The van der Waals surface area contributed by atoms with Crippen molar-refractivity contribution in [3.63, 3.8) is 0 Å². The number of hydrogen-bond acceptors (Lipinski definition) is 4. The van der Waals surface area contributed by atoms with E-state index in [4.69, 9.17) is 0 Å². The predicted molar refractivity (Wildman–Crippen MR) is 77.7 cm³/mol. The Labute approximate surface area is 113 Å².